The second-order valence-electron chi connectivity index (χ2n) is 7.62. The fraction of sp³-hybridized carbons (Fsp3) is 0.833. The lowest BCUT2D eigenvalue weighted by Crippen LogP contribution is -1.79. The molecule has 0 N–H and O–H groups in total. The molecule has 0 fully saturated rings. The maximum atomic E-state index is 2.43. The average Bonchev–Trinajstić information content (AvgIpc) is 2.66. The van der Waals surface area contributed by atoms with Crippen LogP contribution in [0.3, 0.4) is 0 Å². The summed E-state index contributed by atoms with van der Waals surface area (Å²) in [5.41, 5.74) is 0. The van der Waals surface area contributed by atoms with Gasteiger partial charge in [0, 0.05) is 0 Å². The van der Waals surface area contributed by atoms with Gasteiger partial charge in [0.2, 0.25) is 0 Å². The normalized spacial score (nSPS) is 12.8. The van der Waals surface area contributed by atoms with Crippen LogP contribution in [0.25, 0.3) is 0 Å². The molecule has 0 aliphatic carbocycles. The maximum absolute atomic E-state index is 2.43. The second kappa shape index (κ2) is 25.3. The Hall–Kier alpha value is 0.340. The van der Waals surface area contributed by atoms with E-state index in [0.717, 1.165) is 16.5 Å². The molecule has 0 aliphatic heterocycles. The Balaban J connectivity index is 3.14. The van der Waals surface area contributed by atoms with Crippen LogP contribution in [-0.4, -0.2) is 0 Å². The van der Waals surface area contributed by atoms with Gasteiger partial charge in [0.15, 0.2) is 0 Å². The fourth-order valence-corrected chi connectivity index (χ4v) is 5.22. The van der Waals surface area contributed by atoms with E-state index in [1.807, 2.05) is 0 Å². The molecule has 0 rings (SSSR count). The molecule has 2 heteroatoms. The summed E-state index contributed by atoms with van der Waals surface area (Å²) in [4.78, 5) is 0. The summed E-state index contributed by atoms with van der Waals surface area (Å²) in [7, 11) is 2.03. The van der Waals surface area contributed by atoms with Gasteiger partial charge in [-0.3, -0.25) is 0 Å². The van der Waals surface area contributed by atoms with Crippen molar-refractivity contribution in [2.75, 3.05) is 0 Å². The Kier molecular flexibility index (Phi) is 25.7. The van der Waals surface area contributed by atoms with Crippen molar-refractivity contribution in [3.8, 4) is 0 Å². The molecule has 26 heavy (non-hydrogen) atoms. The maximum Gasteiger partial charge on any atom is -0.0347 e. The third kappa shape index (κ3) is 24.3. The lowest BCUT2D eigenvalue weighted by atomic mass is 10.1. The smallest absolute Gasteiger partial charge is 0.0347 e. The summed E-state index contributed by atoms with van der Waals surface area (Å²) < 4.78 is 0. The van der Waals surface area contributed by atoms with Crippen molar-refractivity contribution in [1.29, 1.82) is 0 Å². The summed E-state index contributed by atoms with van der Waals surface area (Å²) in [6.07, 6.45) is 30.3. The lowest BCUT2D eigenvalue weighted by molar-refractivity contribution is 0.577. The first kappa shape index (κ1) is 26.3. The predicted molar refractivity (Wildman–Crippen MR) is 129 cm³/mol. The van der Waals surface area contributed by atoms with Crippen LogP contribution in [0.4, 0.5) is 0 Å². The first-order chi connectivity index (χ1) is 12.9. The van der Waals surface area contributed by atoms with Crippen LogP contribution in [0.15, 0.2) is 23.8 Å². The highest BCUT2D eigenvalue weighted by Crippen LogP contribution is 2.39. The highest BCUT2D eigenvalue weighted by Gasteiger charge is 1.91. The highest BCUT2D eigenvalue weighted by molar-refractivity contribution is 8.14. The van der Waals surface area contributed by atoms with E-state index >= 15 is 0 Å². The van der Waals surface area contributed by atoms with Crippen molar-refractivity contribution in [2.24, 2.45) is 0 Å². The van der Waals surface area contributed by atoms with Gasteiger partial charge >= 0.3 is 0 Å². The average molecular weight is 399 g/mol. The minimum Gasteiger partial charge on any atom is -0.0840 e. The number of unbranched alkanes of at least 4 members (excludes halogenated alkanes) is 16. The standard InChI is InChI=1S/C24H48P2/c1-3-5-7-9-11-13-15-17-19-21-23-25-26-24-22-20-18-16-14-12-10-8-6-4-2/h21-26H,3-20H2,1-2H3/b23-21+,24-22+. The molecule has 0 saturated heterocycles. The van der Waals surface area contributed by atoms with Gasteiger partial charge in [-0.15, -0.1) is 0 Å². The molecule has 0 aromatic heterocycles. The van der Waals surface area contributed by atoms with Crippen molar-refractivity contribution in [3.63, 3.8) is 0 Å². The van der Waals surface area contributed by atoms with Gasteiger partial charge in [-0.1, -0.05) is 144 Å². The molecule has 0 amide bonds. The van der Waals surface area contributed by atoms with Crippen LogP contribution in [-0.2, 0) is 0 Å². The van der Waals surface area contributed by atoms with Gasteiger partial charge in [0.25, 0.3) is 0 Å². The highest BCUT2D eigenvalue weighted by atomic mass is 32.0. The Bertz CT molecular complexity index is 267. The first-order valence-electron chi connectivity index (χ1n) is 11.7. The van der Waals surface area contributed by atoms with Gasteiger partial charge in [-0.25, -0.2) is 0 Å². The molecule has 0 aromatic rings. The van der Waals surface area contributed by atoms with Gasteiger partial charge in [0.1, 0.15) is 0 Å². The zero-order chi connectivity index (χ0) is 19.0. The van der Waals surface area contributed by atoms with Crippen LogP contribution in [0, 0.1) is 0 Å². The van der Waals surface area contributed by atoms with E-state index < -0.39 is 0 Å². The molecule has 0 bridgehead atoms. The number of hydrogen-bond donors (Lipinski definition) is 0. The third-order valence-corrected chi connectivity index (χ3v) is 7.41. The Morgan fingerprint density at radius 3 is 1.08 bits per heavy atom. The van der Waals surface area contributed by atoms with Crippen molar-refractivity contribution in [3.05, 3.63) is 23.8 Å². The molecular weight excluding hydrogens is 350 g/mol. The Morgan fingerprint density at radius 2 is 0.731 bits per heavy atom. The molecule has 2 atom stereocenters. The van der Waals surface area contributed by atoms with Gasteiger partial charge in [-0.05, 0) is 25.7 Å². The summed E-state index contributed by atoms with van der Waals surface area (Å²) in [6, 6.07) is 0. The lowest BCUT2D eigenvalue weighted by Gasteiger charge is -2.00. The SMILES string of the molecule is CCCCCCCCCC/C=C/PP/C=C/CCCCCCCCCC. The molecule has 0 nitrogen and oxygen atoms in total. The fourth-order valence-electron chi connectivity index (χ4n) is 3.17. The summed E-state index contributed by atoms with van der Waals surface area (Å²) in [5, 5.41) is 0. The largest absolute Gasteiger partial charge is 0.0840 e. The minimum absolute atomic E-state index is 1.02. The van der Waals surface area contributed by atoms with Crippen LogP contribution in [0.5, 0.6) is 0 Å². The van der Waals surface area contributed by atoms with Crippen molar-refractivity contribution >= 4 is 16.5 Å². The molecule has 154 valence electrons. The third-order valence-electron chi connectivity index (χ3n) is 4.93. The van der Waals surface area contributed by atoms with Crippen LogP contribution < -0.4 is 0 Å². The second-order valence-corrected chi connectivity index (χ2v) is 10.6. The Labute approximate surface area is 169 Å². The number of rotatable bonds is 21. The molecule has 0 spiro atoms. The van der Waals surface area contributed by atoms with E-state index in [1.165, 1.54) is 116 Å². The predicted octanol–water partition coefficient (Wildman–Crippen LogP) is 10.3. The van der Waals surface area contributed by atoms with Crippen molar-refractivity contribution < 1.29 is 0 Å². The number of allylic oxidation sites excluding steroid dienone is 2. The zero-order valence-corrected chi connectivity index (χ0v) is 20.0. The van der Waals surface area contributed by atoms with E-state index in [0.29, 0.717) is 0 Å². The van der Waals surface area contributed by atoms with Gasteiger partial charge in [0.05, 0.1) is 0 Å². The van der Waals surface area contributed by atoms with Crippen molar-refractivity contribution in [1.82, 2.24) is 0 Å². The molecule has 0 heterocycles. The Morgan fingerprint density at radius 1 is 0.423 bits per heavy atom. The molecule has 0 aliphatic rings. The topological polar surface area (TPSA) is 0 Å². The molecule has 2 unspecified atom stereocenters. The summed E-state index contributed by atoms with van der Waals surface area (Å²) in [5.74, 6) is 4.86. The first-order valence-corrected chi connectivity index (χ1v) is 14.9. The summed E-state index contributed by atoms with van der Waals surface area (Å²) in [6.45, 7) is 4.58. The van der Waals surface area contributed by atoms with E-state index in [1.54, 1.807) is 0 Å². The van der Waals surface area contributed by atoms with Crippen LogP contribution >= 0.6 is 16.5 Å². The minimum atomic E-state index is 1.02. The van der Waals surface area contributed by atoms with Crippen LogP contribution in [0.1, 0.15) is 129 Å². The van der Waals surface area contributed by atoms with E-state index in [4.69, 9.17) is 0 Å². The van der Waals surface area contributed by atoms with Gasteiger partial charge < -0.3 is 0 Å². The molecular formula is C24H48P2. The van der Waals surface area contributed by atoms with Crippen molar-refractivity contribution in [2.45, 2.75) is 129 Å². The van der Waals surface area contributed by atoms with Gasteiger partial charge in [-0.2, -0.15) is 0 Å². The van der Waals surface area contributed by atoms with E-state index in [9.17, 15) is 0 Å². The van der Waals surface area contributed by atoms with Crippen LogP contribution in [0.2, 0.25) is 0 Å². The quantitative estimate of drug-likeness (QED) is 0.133. The monoisotopic (exact) mass is 398 g/mol. The zero-order valence-electron chi connectivity index (χ0n) is 18.0. The number of hydrogen-bond acceptors (Lipinski definition) is 0. The van der Waals surface area contributed by atoms with E-state index in [-0.39, 0.29) is 0 Å². The molecule has 0 aromatic carbocycles. The molecule has 0 saturated carbocycles. The summed E-state index contributed by atoms with van der Waals surface area (Å²) >= 11 is 0. The molecule has 0 radical (unpaired) electrons. The van der Waals surface area contributed by atoms with E-state index in [2.05, 4.69) is 37.6 Å².